The monoisotopic (exact) mass is 413 g/mol. The zero-order valence-corrected chi connectivity index (χ0v) is 18.4. The van der Waals surface area contributed by atoms with Crippen LogP contribution in [0.25, 0.3) is 16.3 Å². The van der Waals surface area contributed by atoms with Crippen LogP contribution in [-0.2, 0) is 4.79 Å². The molecule has 0 unspecified atom stereocenters. The van der Waals surface area contributed by atoms with Gasteiger partial charge in [-0.15, -0.1) is 0 Å². The highest BCUT2D eigenvalue weighted by Crippen LogP contribution is 2.52. The van der Waals surface area contributed by atoms with E-state index in [0.29, 0.717) is 17.9 Å². The molecule has 0 saturated carbocycles. The van der Waals surface area contributed by atoms with Crippen molar-refractivity contribution in [1.82, 2.24) is 0 Å². The molecular formula is C27H27NO3. The van der Waals surface area contributed by atoms with E-state index in [2.05, 4.69) is 55.6 Å². The average Bonchev–Trinajstić information content (AvgIpc) is 2.77. The van der Waals surface area contributed by atoms with Gasteiger partial charge in [0.15, 0.2) is 17.3 Å². The van der Waals surface area contributed by atoms with Gasteiger partial charge in [-0.2, -0.15) is 0 Å². The molecule has 0 radical (unpaired) electrons. The second-order valence-electron chi connectivity index (χ2n) is 9.23. The third-order valence-electron chi connectivity index (χ3n) is 6.49. The minimum absolute atomic E-state index is 0.0572. The number of ketones is 1. The minimum atomic E-state index is -0.225. The number of benzene rings is 3. The lowest BCUT2D eigenvalue weighted by Crippen LogP contribution is -2.33. The van der Waals surface area contributed by atoms with Crippen molar-refractivity contribution in [2.45, 2.75) is 32.7 Å². The lowest BCUT2D eigenvalue weighted by molar-refractivity contribution is -0.118. The smallest absolute Gasteiger partial charge is 0.162 e. The zero-order chi connectivity index (χ0) is 21.8. The molecule has 158 valence electrons. The van der Waals surface area contributed by atoms with Gasteiger partial charge in [0.05, 0.1) is 25.9 Å². The van der Waals surface area contributed by atoms with Crippen molar-refractivity contribution in [2.75, 3.05) is 19.5 Å². The van der Waals surface area contributed by atoms with E-state index in [1.165, 1.54) is 16.3 Å². The topological polar surface area (TPSA) is 47.6 Å². The largest absolute Gasteiger partial charge is 0.493 e. The second-order valence-corrected chi connectivity index (χ2v) is 9.23. The number of carbonyl (C=O) groups is 1. The van der Waals surface area contributed by atoms with Crippen LogP contribution in [0.5, 0.6) is 11.5 Å². The van der Waals surface area contributed by atoms with Gasteiger partial charge in [0.2, 0.25) is 0 Å². The van der Waals surface area contributed by atoms with E-state index < -0.39 is 0 Å². The maximum Gasteiger partial charge on any atom is 0.162 e. The zero-order valence-electron chi connectivity index (χ0n) is 18.4. The Hall–Kier alpha value is -3.27. The third kappa shape index (κ3) is 3.18. The molecule has 5 rings (SSSR count). The number of anilines is 1. The highest BCUT2D eigenvalue weighted by atomic mass is 16.5. The third-order valence-corrected chi connectivity index (χ3v) is 6.49. The average molecular weight is 414 g/mol. The van der Waals surface area contributed by atoms with Crippen molar-refractivity contribution in [1.29, 1.82) is 0 Å². The SMILES string of the molecule is COc1ccc([C@H]2Nc3c(ccc4ccccc34)C3=C2C(=O)CC(C)(C)C3)cc1OC. The number of hydrogen-bond acceptors (Lipinski definition) is 4. The van der Waals surface area contributed by atoms with E-state index in [1.807, 2.05) is 18.2 Å². The normalized spacial score (nSPS) is 19.5. The van der Waals surface area contributed by atoms with E-state index in [1.54, 1.807) is 14.2 Å². The second kappa shape index (κ2) is 7.16. The van der Waals surface area contributed by atoms with E-state index in [0.717, 1.165) is 28.8 Å². The molecule has 0 spiro atoms. The molecule has 0 fully saturated rings. The lowest BCUT2D eigenvalue weighted by Gasteiger charge is -2.40. The van der Waals surface area contributed by atoms with Gasteiger partial charge >= 0.3 is 0 Å². The molecule has 0 amide bonds. The summed E-state index contributed by atoms with van der Waals surface area (Å²) in [7, 11) is 3.27. The summed E-state index contributed by atoms with van der Waals surface area (Å²) >= 11 is 0. The van der Waals surface area contributed by atoms with E-state index in [9.17, 15) is 4.79 Å². The number of Topliss-reactive ketones (excluding diaryl/α,β-unsaturated/α-hetero) is 1. The Kier molecular flexibility index (Phi) is 4.54. The summed E-state index contributed by atoms with van der Waals surface area (Å²) in [6.07, 6.45) is 1.44. The number of ether oxygens (including phenoxy) is 2. The first-order valence-electron chi connectivity index (χ1n) is 10.7. The highest BCUT2D eigenvalue weighted by Gasteiger charge is 2.40. The summed E-state index contributed by atoms with van der Waals surface area (Å²) in [5.74, 6) is 1.56. The number of rotatable bonds is 3. The number of allylic oxidation sites excluding steroid dienone is 1. The predicted octanol–water partition coefficient (Wildman–Crippen LogP) is 6.17. The van der Waals surface area contributed by atoms with E-state index in [-0.39, 0.29) is 17.2 Å². The van der Waals surface area contributed by atoms with Crippen molar-refractivity contribution < 1.29 is 14.3 Å². The van der Waals surface area contributed by atoms with Crippen LogP contribution in [0, 0.1) is 5.41 Å². The van der Waals surface area contributed by atoms with Gasteiger partial charge in [-0.3, -0.25) is 4.79 Å². The first-order chi connectivity index (χ1) is 14.9. The molecule has 4 nitrogen and oxygen atoms in total. The van der Waals surface area contributed by atoms with Crippen molar-refractivity contribution in [3.63, 3.8) is 0 Å². The predicted molar refractivity (Wildman–Crippen MR) is 125 cm³/mol. The van der Waals surface area contributed by atoms with Crippen LogP contribution in [0.1, 0.15) is 43.9 Å². The molecule has 3 aromatic rings. The molecule has 2 aliphatic rings. The summed E-state index contributed by atoms with van der Waals surface area (Å²) in [6.45, 7) is 4.37. The van der Waals surface area contributed by atoms with Crippen molar-refractivity contribution in [3.05, 3.63) is 71.3 Å². The first kappa shape index (κ1) is 19.7. The van der Waals surface area contributed by atoms with E-state index >= 15 is 0 Å². The summed E-state index contributed by atoms with van der Waals surface area (Å²) in [5.41, 5.74) is 5.23. The standard InChI is InChI=1S/C27H27NO3/c1-27(2)14-20-19-11-9-16-7-5-6-8-18(16)26(19)28-25(24(20)21(29)15-27)17-10-12-22(30-3)23(13-17)31-4/h5-13,25,28H,14-15H2,1-4H3/t25-/m1/s1. The van der Waals surface area contributed by atoms with Crippen LogP contribution < -0.4 is 14.8 Å². The molecule has 31 heavy (non-hydrogen) atoms. The Balaban J connectivity index is 1.76. The molecule has 4 heteroatoms. The quantitative estimate of drug-likeness (QED) is 0.558. The van der Waals surface area contributed by atoms with Gasteiger partial charge in [-0.05, 0) is 40.5 Å². The fraction of sp³-hybridized carbons (Fsp3) is 0.296. The Morgan fingerprint density at radius 3 is 2.48 bits per heavy atom. The fourth-order valence-corrected chi connectivity index (χ4v) is 5.09. The molecule has 1 aliphatic heterocycles. The fourth-order valence-electron chi connectivity index (χ4n) is 5.09. The van der Waals surface area contributed by atoms with Gasteiger partial charge in [0.25, 0.3) is 0 Å². The summed E-state index contributed by atoms with van der Waals surface area (Å²) in [5, 5.41) is 6.09. The molecule has 1 aliphatic carbocycles. The van der Waals surface area contributed by atoms with Crippen LogP contribution in [-0.4, -0.2) is 20.0 Å². The van der Waals surface area contributed by atoms with Crippen molar-refractivity contribution >= 4 is 27.8 Å². The molecule has 0 saturated heterocycles. The molecule has 0 aromatic heterocycles. The molecule has 1 heterocycles. The number of hydrogen-bond donors (Lipinski definition) is 1. The van der Waals surface area contributed by atoms with Gasteiger partial charge in [0.1, 0.15) is 0 Å². The Morgan fingerprint density at radius 2 is 1.71 bits per heavy atom. The van der Waals surface area contributed by atoms with Gasteiger partial charge in [-0.1, -0.05) is 56.3 Å². The number of carbonyl (C=O) groups excluding carboxylic acids is 1. The van der Waals surface area contributed by atoms with Crippen LogP contribution in [0.4, 0.5) is 5.69 Å². The van der Waals surface area contributed by atoms with Crippen LogP contribution >= 0.6 is 0 Å². The first-order valence-corrected chi connectivity index (χ1v) is 10.7. The lowest BCUT2D eigenvalue weighted by atomic mass is 9.68. The van der Waals surface area contributed by atoms with Gasteiger partial charge in [0, 0.05) is 22.9 Å². The molecule has 1 atom stereocenters. The Bertz CT molecular complexity index is 1240. The Labute approximate surface area is 182 Å². The molecule has 1 N–H and O–H groups in total. The highest BCUT2D eigenvalue weighted by molar-refractivity contribution is 6.12. The van der Waals surface area contributed by atoms with Crippen LogP contribution in [0.3, 0.4) is 0 Å². The molecule has 0 bridgehead atoms. The molecular weight excluding hydrogens is 386 g/mol. The summed E-state index contributed by atoms with van der Waals surface area (Å²) in [6, 6.07) is 18.4. The minimum Gasteiger partial charge on any atom is -0.493 e. The van der Waals surface area contributed by atoms with E-state index in [4.69, 9.17) is 9.47 Å². The maximum absolute atomic E-state index is 13.4. The summed E-state index contributed by atoms with van der Waals surface area (Å²) in [4.78, 5) is 13.4. The summed E-state index contributed by atoms with van der Waals surface area (Å²) < 4.78 is 11.0. The Morgan fingerprint density at radius 1 is 0.935 bits per heavy atom. The van der Waals surface area contributed by atoms with Crippen molar-refractivity contribution in [2.24, 2.45) is 5.41 Å². The van der Waals surface area contributed by atoms with Crippen LogP contribution in [0.15, 0.2) is 60.2 Å². The van der Waals surface area contributed by atoms with Gasteiger partial charge < -0.3 is 14.8 Å². The maximum atomic E-state index is 13.4. The van der Waals surface area contributed by atoms with Crippen LogP contribution in [0.2, 0.25) is 0 Å². The van der Waals surface area contributed by atoms with Crippen molar-refractivity contribution in [3.8, 4) is 11.5 Å². The van der Waals surface area contributed by atoms with Gasteiger partial charge in [-0.25, -0.2) is 0 Å². The number of fused-ring (bicyclic) bond motifs is 4. The number of methoxy groups -OCH3 is 2. The molecule has 3 aromatic carbocycles. The number of nitrogens with one attached hydrogen (secondary N) is 1.